The Bertz CT molecular complexity index is 1080. The van der Waals surface area contributed by atoms with Crippen molar-refractivity contribution in [2.45, 2.75) is 18.8 Å². The van der Waals surface area contributed by atoms with Gasteiger partial charge in [-0.3, -0.25) is 4.79 Å². The number of esters is 1. The smallest absolute Gasteiger partial charge is 0.308 e. The van der Waals surface area contributed by atoms with Gasteiger partial charge in [0.15, 0.2) is 0 Å². The van der Waals surface area contributed by atoms with Gasteiger partial charge in [0.05, 0.1) is 0 Å². The first-order valence-corrected chi connectivity index (χ1v) is 10.3. The Hall–Kier alpha value is -3.85. The van der Waals surface area contributed by atoms with E-state index in [0.29, 0.717) is 5.75 Å². The predicted octanol–water partition coefficient (Wildman–Crippen LogP) is 6.28. The first-order valence-electron chi connectivity index (χ1n) is 10.3. The van der Waals surface area contributed by atoms with Gasteiger partial charge in [-0.1, -0.05) is 84.9 Å². The predicted molar refractivity (Wildman–Crippen MR) is 122 cm³/mol. The van der Waals surface area contributed by atoms with Crippen LogP contribution in [0.2, 0.25) is 0 Å². The number of hydrogen-bond acceptors (Lipinski definition) is 3. The van der Waals surface area contributed by atoms with E-state index in [0.717, 1.165) is 11.1 Å². The second-order valence-corrected chi connectivity index (χ2v) is 7.53. The number of aromatic hydroxyl groups is 1. The molecule has 0 aliphatic carbocycles. The Labute approximate surface area is 182 Å². The van der Waals surface area contributed by atoms with Gasteiger partial charge in [0.1, 0.15) is 11.5 Å². The van der Waals surface area contributed by atoms with Crippen LogP contribution in [0.4, 0.5) is 0 Å². The molecular formula is C28H24O3. The van der Waals surface area contributed by atoms with E-state index >= 15 is 0 Å². The second-order valence-electron chi connectivity index (χ2n) is 7.53. The van der Waals surface area contributed by atoms with Crippen molar-refractivity contribution in [2.24, 2.45) is 0 Å². The third-order valence-electron chi connectivity index (χ3n) is 5.40. The van der Waals surface area contributed by atoms with E-state index in [9.17, 15) is 9.90 Å². The highest BCUT2D eigenvalue weighted by Gasteiger charge is 2.28. The van der Waals surface area contributed by atoms with E-state index in [1.165, 1.54) is 18.1 Å². The van der Waals surface area contributed by atoms with Gasteiger partial charge in [0.25, 0.3) is 0 Å². The fourth-order valence-electron chi connectivity index (χ4n) is 4.07. The van der Waals surface area contributed by atoms with E-state index in [2.05, 4.69) is 48.5 Å². The molecular weight excluding hydrogens is 384 g/mol. The summed E-state index contributed by atoms with van der Waals surface area (Å²) in [7, 11) is 0. The summed E-state index contributed by atoms with van der Waals surface area (Å²) >= 11 is 0. The van der Waals surface area contributed by atoms with Gasteiger partial charge < -0.3 is 9.84 Å². The maximum atomic E-state index is 11.3. The molecule has 0 heterocycles. The van der Waals surface area contributed by atoms with Crippen LogP contribution < -0.4 is 4.74 Å². The van der Waals surface area contributed by atoms with Crippen LogP contribution >= 0.6 is 0 Å². The Morgan fingerprint density at radius 3 is 1.42 bits per heavy atom. The molecule has 0 amide bonds. The van der Waals surface area contributed by atoms with Crippen molar-refractivity contribution in [1.29, 1.82) is 0 Å². The molecule has 3 nitrogen and oxygen atoms in total. The van der Waals surface area contributed by atoms with Crippen molar-refractivity contribution in [3.05, 3.63) is 131 Å². The molecule has 4 rings (SSSR count). The zero-order chi connectivity index (χ0) is 21.6. The van der Waals surface area contributed by atoms with Gasteiger partial charge in [-0.2, -0.15) is 0 Å². The van der Waals surface area contributed by atoms with Gasteiger partial charge in [-0.25, -0.2) is 0 Å². The van der Waals surface area contributed by atoms with Gasteiger partial charge in [-0.15, -0.1) is 0 Å². The topological polar surface area (TPSA) is 46.5 Å². The summed E-state index contributed by atoms with van der Waals surface area (Å²) in [5, 5.41) is 9.85. The molecule has 31 heavy (non-hydrogen) atoms. The van der Waals surface area contributed by atoms with E-state index in [-0.39, 0.29) is 23.6 Å². The molecule has 0 aliphatic rings. The van der Waals surface area contributed by atoms with Gasteiger partial charge in [-0.05, 0) is 46.5 Å². The Balaban J connectivity index is 1.87. The molecule has 1 N–H and O–H groups in total. The molecule has 0 fully saturated rings. The lowest BCUT2D eigenvalue weighted by molar-refractivity contribution is -0.131. The minimum absolute atomic E-state index is 0.00298. The van der Waals surface area contributed by atoms with Crippen molar-refractivity contribution >= 4 is 5.97 Å². The normalized spacial score (nSPS) is 11.8. The minimum atomic E-state index is -0.339. The maximum Gasteiger partial charge on any atom is 0.308 e. The summed E-state index contributed by atoms with van der Waals surface area (Å²) in [6.45, 7) is 1.40. The molecule has 0 spiro atoms. The lowest BCUT2D eigenvalue weighted by atomic mass is 9.74. The van der Waals surface area contributed by atoms with Crippen LogP contribution in [-0.2, 0) is 4.79 Å². The summed E-state index contributed by atoms with van der Waals surface area (Å²) in [4.78, 5) is 11.3. The van der Waals surface area contributed by atoms with Crippen LogP contribution in [-0.4, -0.2) is 11.1 Å². The van der Waals surface area contributed by atoms with Crippen molar-refractivity contribution in [3.8, 4) is 11.5 Å². The molecule has 4 aromatic carbocycles. The lowest BCUT2D eigenvalue weighted by Crippen LogP contribution is -2.15. The number of ether oxygens (including phenoxy) is 1. The summed E-state index contributed by atoms with van der Waals surface area (Å²) in [5.41, 5.74) is 4.60. The zero-order valence-electron chi connectivity index (χ0n) is 17.3. The molecule has 0 radical (unpaired) electrons. The highest BCUT2D eigenvalue weighted by molar-refractivity contribution is 5.69. The molecule has 4 aromatic rings. The first-order chi connectivity index (χ1) is 15.1. The molecule has 154 valence electrons. The van der Waals surface area contributed by atoms with Crippen molar-refractivity contribution in [3.63, 3.8) is 0 Å². The molecule has 0 aliphatic heterocycles. The molecule has 0 saturated carbocycles. The zero-order valence-corrected chi connectivity index (χ0v) is 17.3. The monoisotopic (exact) mass is 408 g/mol. The van der Waals surface area contributed by atoms with Crippen LogP contribution in [0.15, 0.2) is 109 Å². The highest BCUT2D eigenvalue weighted by Crippen LogP contribution is 2.43. The van der Waals surface area contributed by atoms with E-state index < -0.39 is 0 Å². The summed E-state index contributed by atoms with van der Waals surface area (Å²) in [6.07, 6.45) is 0. The van der Waals surface area contributed by atoms with Crippen LogP contribution in [0.3, 0.4) is 0 Å². The van der Waals surface area contributed by atoms with Crippen molar-refractivity contribution in [2.75, 3.05) is 0 Å². The third kappa shape index (κ3) is 4.84. The number of rotatable bonds is 6. The number of carbonyl (C=O) groups excluding carboxylic acids is 1. The van der Waals surface area contributed by atoms with Crippen LogP contribution in [0, 0.1) is 0 Å². The number of carbonyl (C=O) groups is 1. The Morgan fingerprint density at radius 1 is 0.613 bits per heavy atom. The average Bonchev–Trinajstić information content (AvgIpc) is 2.80. The largest absolute Gasteiger partial charge is 0.508 e. The molecule has 1 atom stereocenters. The average molecular weight is 408 g/mol. The van der Waals surface area contributed by atoms with Crippen LogP contribution in [0.1, 0.15) is 41.0 Å². The van der Waals surface area contributed by atoms with E-state index in [4.69, 9.17) is 4.74 Å². The number of hydrogen-bond donors (Lipinski definition) is 1. The number of phenols is 1. The van der Waals surface area contributed by atoms with Crippen LogP contribution in [0.25, 0.3) is 0 Å². The second kappa shape index (κ2) is 9.31. The number of phenolic OH excluding ortho intramolecular Hbond substituents is 1. The number of benzene rings is 4. The lowest BCUT2D eigenvalue weighted by Gasteiger charge is -2.29. The van der Waals surface area contributed by atoms with E-state index in [1.54, 1.807) is 12.1 Å². The minimum Gasteiger partial charge on any atom is -0.508 e. The van der Waals surface area contributed by atoms with E-state index in [1.807, 2.05) is 48.5 Å². The standard InChI is InChI=1S/C28H24O3/c1-20(29)31-26-18-14-24(15-19-26)28(23-12-16-25(30)17-13-23)27(21-8-4-2-5-9-21)22-10-6-3-7-11-22/h2-19,27-28,30H,1H3/t28-/m1/s1. The maximum absolute atomic E-state index is 11.3. The summed E-state index contributed by atoms with van der Waals surface area (Å²) in [5.74, 6) is 0.484. The fraction of sp³-hybridized carbons (Fsp3) is 0.107. The molecule has 3 heteroatoms. The first kappa shape index (κ1) is 20.4. The molecule has 0 aromatic heterocycles. The van der Waals surface area contributed by atoms with Gasteiger partial charge in [0.2, 0.25) is 0 Å². The quantitative estimate of drug-likeness (QED) is 0.302. The SMILES string of the molecule is CC(=O)Oc1ccc([C@@H](c2ccc(O)cc2)C(c2ccccc2)c2ccccc2)cc1. The fourth-order valence-corrected chi connectivity index (χ4v) is 4.07. The highest BCUT2D eigenvalue weighted by atomic mass is 16.5. The molecule has 0 bridgehead atoms. The Kier molecular flexibility index (Phi) is 6.13. The van der Waals surface area contributed by atoms with Gasteiger partial charge >= 0.3 is 5.97 Å². The molecule has 0 unspecified atom stereocenters. The van der Waals surface area contributed by atoms with Crippen LogP contribution in [0.5, 0.6) is 11.5 Å². The van der Waals surface area contributed by atoms with Gasteiger partial charge in [0, 0.05) is 18.8 Å². The summed E-state index contributed by atoms with van der Waals surface area (Å²) < 4.78 is 5.23. The third-order valence-corrected chi connectivity index (χ3v) is 5.40. The Morgan fingerprint density at radius 2 is 1.00 bits per heavy atom. The van der Waals surface area contributed by atoms with Crippen molar-refractivity contribution in [1.82, 2.24) is 0 Å². The molecule has 0 saturated heterocycles. The van der Waals surface area contributed by atoms with Crippen molar-refractivity contribution < 1.29 is 14.6 Å². The summed E-state index contributed by atoms with van der Waals surface area (Å²) in [6, 6.07) is 36.0.